The predicted octanol–water partition coefficient (Wildman–Crippen LogP) is 0.831. The first-order valence-electron chi connectivity index (χ1n) is 5.74. The van der Waals surface area contributed by atoms with Crippen LogP contribution in [0, 0.1) is 0 Å². The van der Waals surface area contributed by atoms with Gasteiger partial charge in [0.1, 0.15) is 0 Å². The summed E-state index contributed by atoms with van der Waals surface area (Å²) in [7, 11) is 4.03. The number of nitrogens with one attached hydrogen (secondary N) is 2. The van der Waals surface area contributed by atoms with Crippen molar-refractivity contribution in [2.45, 2.75) is 6.92 Å². The molecule has 1 aromatic rings. The average Bonchev–Trinajstić information content (AvgIpc) is 2.36. The van der Waals surface area contributed by atoms with E-state index in [-0.39, 0.29) is 0 Å². The van der Waals surface area contributed by atoms with E-state index >= 15 is 0 Å². The summed E-state index contributed by atoms with van der Waals surface area (Å²) in [6.45, 7) is 3.60. The van der Waals surface area contributed by atoms with E-state index in [1.165, 1.54) is 0 Å². The third-order valence-corrected chi connectivity index (χ3v) is 2.44. The first-order valence-corrected chi connectivity index (χ1v) is 6.14. The third-order valence-electron chi connectivity index (χ3n) is 2.21. The van der Waals surface area contributed by atoms with Crippen molar-refractivity contribution in [3.8, 4) is 0 Å². The molecular weight excluding hydrogens is 246 g/mol. The van der Waals surface area contributed by atoms with Crippen LogP contribution in [0.2, 0.25) is 0 Å². The van der Waals surface area contributed by atoms with E-state index in [2.05, 4.69) is 25.7 Å². The lowest BCUT2D eigenvalue weighted by Crippen LogP contribution is -2.36. The molecule has 1 aromatic heterocycles. The molecule has 0 radical (unpaired) electrons. The van der Waals surface area contributed by atoms with E-state index < -0.39 is 0 Å². The van der Waals surface area contributed by atoms with Gasteiger partial charge in [-0.3, -0.25) is 10.4 Å². The van der Waals surface area contributed by atoms with E-state index in [1.54, 1.807) is 6.20 Å². The second-order valence-corrected chi connectivity index (χ2v) is 4.49. The Kier molecular flexibility index (Phi) is 6.24. The summed E-state index contributed by atoms with van der Waals surface area (Å²) in [4.78, 5) is 6.28. The number of hydrogen-bond donors (Lipinski definition) is 2. The first kappa shape index (κ1) is 14.5. The SMILES string of the molecule is C/C(=N\NC(=S)NCCN(C)C)c1ccccn1. The maximum atomic E-state index is 5.11. The summed E-state index contributed by atoms with van der Waals surface area (Å²) in [5, 5.41) is 7.77. The van der Waals surface area contributed by atoms with Crippen LogP contribution in [-0.2, 0) is 0 Å². The Hall–Kier alpha value is -1.53. The Bertz CT molecular complexity index is 402. The summed E-state index contributed by atoms with van der Waals surface area (Å²) < 4.78 is 0. The van der Waals surface area contributed by atoms with Crippen molar-refractivity contribution in [3.05, 3.63) is 30.1 Å². The molecule has 1 rings (SSSR count). The lowest BCUT2D eigenvalue weighted by molar-refractivity contribution is 0.412. The number of likely N-dealkylation sites (N-methyl/N-ethyl adjacent to an activating group) is 1. The molecule has 0 aliphatic carbocycles. The largest absolute Gasteiger partial charge is 0.360 e. The Morgan fingerprint density at radius 2 is 2.22 bits per heavy atom. The standard InChI is InChI=1S/C12H19N5S/c1-10(11-6-4-5-7-13-11)15-16-12(18)14-8-9-17(2)3/h4-7H,8-9H2,1-3H3,(H2,14,16,18)/b15-10+. The Morgan fingerprint density at radius 3 is 2.83 bits per heavy atom. The minimum atomic E-state index is 0.520. The summed E-state index contributed by atoms with van der Waals surface area (Å²) >= 11 is 5.11. The van der Waals surface area contributed by atoms with E-state index in [0.29, 0.717) is 5.11 Å². The molecule has 1 heterocycles. The Labute approximate surface area is 113 Å². The first-order chi connectivity index (χ1) is 8.59. The summed E-state index contributed by atoms with van der Waals surface area (Å²) in [6.07, 6.45) is 1.74. The lowest BCUT2D eigenvalue weighted by Gasteiger charge is -2.11. The molecule has 6 heteroatoms. The highest BCUT2D eigenvalue weighted by atomic mass is 32.1. The molecule has 0 fully saturated rings. The molecule has 0 aromatic carbocycles. The van der Waals surface area contributed by atoms with Gasteiger partial charge in [0.2, 0.25) is 0 Å². The van der Waals surface area contributed by atoms with Crippen molar-refractivity contribution >= 4 is 23.0 Å². The summed E-state index contributed by atoms with van der Waals surface area (Å²) in [5.74, 6) is 0. The number of pyridine rings is 1. The fraction of sp³-hybridized carbons (Fsp3) is 0.417. The number of rotatable bonds is 5. The van der Waals surface area contributed by atoms with Crippen molar-refractivity contribution in [1.82, 2.24) is 20.6 Å². The highest BCUT2D eigenvalue weighted by Gasteiger charge is 1.98. The van der Waals surface area contributed by atoms with Crippen molar-refractivity contribution in [1.29, 1.82) is 0 Å². The molecule has 0 spiro atoms. The number of hydrogen-bond acceptors (Lipinski definition) is 4. The van der Waals surface area contributed by atoms with Crippen LogP contribution in [0.3, 0.4) is 0 Å². The molecule has 2 N–H and O–H groups in total. The van der Waals surface area contributed by atoms with Crippen LogP contribution < -0.4 is 10.7 Å². The molecule has 0 saturated carbocycles. The van der Waals surface area contributed by atoms with Gasteiger partial charge in [0.05, 0.1) is 11.4 Å². The number of aromatic nitrogens is 1. The third kappa shape index (κ3) is 5.70. The zero-order valence-electron chi connectivity index (χ0n) is 11.0. The van der Waals surface area contributed by atoms with Crippen LogP contribution in [-0.4, -0.2) is 47.9 Å². The van der Waals surface area contributed by atoms with Crippen LogP contribution in [0.5, 0.6) is 0 Å². The monoisotopic (exact) mass is 265 g/mol. The molecule has 0 atom stereocenters. The van der Waals surface area contributed by atoms with Gasteiger partial charge in [-0.1, -0.05) is 6.07 Å². The Balaban J connectivity index is 2.37. The molecule has 18 heavy (non-hydrogen) atoms. The second kappa shape index (κ2) is 7.73. The predicted molar refractivity (Wildman–Crippen MR) is 78.7 cm³/mol. The van der Waals surface area contributed by atoms with E-state index in [1.807, 2.05) is 39.2 Å². The summed E-state index contributed by atoms with van der Waals surface area (Å²) in [6, 6.07) is 5.70. The van der Waals surface area contributed by atoms with Crippen molar-refractivity contribution in [3.63, 3.8) is 0 Å². The average molecular weight is 265 g/mol. The molecule has 98 valence electrons. The zero-order chi connectivity index (χ0) is 13.4. The molecular formula is C12H19N5S. The molecule has 0 saturated heterocycles. The maximum absolute atomic E-state index is 5.11. The molecule has 0 aliphatic heterocycles. The van der Waals surface area contributed by atoms with Crippen LogP contribution in [0.4, 0.5) is 0 Å². The van der Waals surface area contributed by atoms with Crippen LogP contribution in [0.1, 0.15) is 12.6 Å². The fourth-order valence-electron chi connectivity index (χ4n) is 1.20. The summed E-state index contributed by atoms with van der Waals surface area (Å²) in [5.41, 5.74) is 4.44. The van der Waals surface area contributed by atoms with Gasteiger partial charge < -0.3 is 10.2 Å². The van der Waals surface area contributed by atoms with Crippen molar-refractivity contribution in [2.75, 3.05) is 27.2 Å². The van der Waals surface area contributed by atoms with Crippen molar-refractivity contribution < 1.29 is 0 Å². The number of thiocarbonyl (C=S) groups is 1. The van der Waals surface area contributed by atoms with Crippen LogP contribution in [0.25, 0.3) is 0 Å². The van der Waals surface area contributed by atoms with Gasteiger partial charge >= 0.3 is 0 Å². The molecule has 0 aliphatic rings. The van der Waals surface area contributed by atoms with E-state index in [9.17, 15) is 0 Å². The Morgan fingerprint density at radius 1 is 1.44 bits per heavy atom. The number of hydrazone groups is 1. The topological polar surface area (TPSA) is 52.6 Å². The highest BCUT2D eigenvalue weighted by Crippen LogP contribution is 1.94. The molecule has 0 unspecified atom stereocenters. The van der Waals surface area contributed by atoms with Gasteiger partial charge in [-0.15, -0.1) is 0 Å². The minimum absolute atomic E-state index is 0.520. The van der Waals surface area contributed by atoms with Gasteiger partial charge in [-0.25, -0.2) is 0 Å². The molecule has 0 bridgehead atoms. The minimum Gasteiger partial charge on any atom is -0.360 e. The van der Waals surface area contributed by atoms with Gasteiger partial charge in [0.25, 0.3) is 0 Å². The highest BCUT2D eigenvalue weighted by molar-refractivity contribution is 7.80. The van der Waals surface area contributed by atoms with Gasteiger partial charge in [0, 0.05) is 19.3 Å². The van der Waals surface area contributed by atoms with Gasteiger partial charge in [-0.2, -0.15) is 5.10 Å². The van der Waals surface area contributed by atoms with E-state index in [0.717, 1.165) is 24.5 Å². The quantitative estimate of drug-likeness (QED) is 0.469. The van der Waals surface area contributed by atoms with Gasteiger partial charge in [-0.05, 0) is 45.4 Å². The molecule has 5 nitrogen and oxygen atoms in total. The van der Waals surface area contributed by atoms with Crippen LogP contribution >= 0.6 is 12.2 Å². The molecule has 0 amide bonds. The lowest BCUT2D eigenvalue weighted by atomic mass is 10.3. The van der Waals surface area contributed by atoms with Crippen molar-refractivity contribution in [2.24, 2.45) is 5.10 Å². The zero-order valence-corrected chi connectivity index (χ0v) is 11.8. The smallest absolute Gasteiger partial charge is 0.187 e. The second-order valence-electron chi connectivity index (χ2n) is 4.08. The van der Waals surface area contributed by atoms with Gasteiger partial charge in [0.15, 0.2) is 5.11 Å². The maximum Gasteiger partial charge on any atom is 0.187 e. The fourth-order valence-corrected chi connectivity index (χ4v) is 1.35. The number of nitrogens with zero attached hydrogens (tertiary/aromatic N) is 3. The van der Waals surface area contributed by atoms with Crippen LogP contribution in [0.15, 0.2) is 29.5 Å². The van der Waals surface area contributed by atoms with E-state index in [4.69, 9.17) is 12.2 Å². The normalized spacial score (nSPS) is 11.4.